The molecule has 0 fully saturated rings. The second kappa shape index (κ2) is 31.3. The van der Waals surface area contributed by atoms with Crippen molar-refractivity contribution in [3.8, 4) is 11.1 Å². The number of benzene rings is 17. The second-order valence-corrected chi connectivity index (χ2v) is 26.8. The van der Waals surface area contributed by atoms with Crippen molar-refractivity contribution in [3.63, 3.8) is 0 Å². The minimum Gasteiger partial charge on any atom is -0.311 e. The molecule has 0 aliphatic heterocycles. The normalized spacial score (nSPS) is 10.9. The Hall–Kier alpha value is -13.9. The van der Waals surface area contributed by atoms with Crippen LogP contribution in [0.1, 0.15) is 16.7 Å². The molecule has 17 rings (SSSR count). The standard InChI is InChI=1S/C57H48N4.C44H32N2/c1-43-25-27-49(28-26-43)58(46-17-7-4-8-18-46)50-29-31-51(32-30-50)59(52-33-37-54(38-34-52)60(47-19-9-5-10-20-47)56-23-13-15-44(2)41-56)53-35-39-55(40-36-53)61(48-21-11-6-12-22-48)57-24-14-16-45(3)42-57;1-3-17-37(18-4-1)45(43-23-11-15-35-13-7-9-21-41(35)43)39-29-25-33(26-30-39)34-27-31-40(32-28-34)46(38-19-5-2-6-20-38)44-24-12-16-36-14-8-10-22-42(36)44/h4-42H,1-3H3;1-32H. The summed E-state index contributed by atoms with van der Waals surface area (Å²) in [6.07, 6.45) is 0. The highest BCUT2D eigenvalue weighted by Crippen LogP contribution is 2.46. The van der Waals surface area contributed by atoms with Gasteiger partial charge in [-0.1, -0.05) is 230 Å². The van der Waals surface area contributed by atoms with Gasteiger partial charge in [-0.25, -0.2) is 0 Å². The van der Waals surface area contributed by atoms with E-state index in [2.05, 4.69) is 481 Å². The summed E-state index contributed by atoms with van der Waals surface area (Å²) in [4.78, 5) is 14.0. The van der Waals surface area contributed by atoms with Crippen LogP contribution in [0.4, 0.5) is 102 Å². The summed E-state index contributed by atoms with van der Waals surface area (Å²) in [6, 6.07) is 154. The number of fused-ring (bicyclic) bond motifs is 2. The minimum atomic E-state index is 1.05. The van der Waals surface area contributed by atoms with E-state index in [4.69, 9.17) is 0 Å². The number of hydrogen-bond donors (Lipinski definition) is 0. The van der Waals surface area contributed by atoms with E-state index in [1.54, 1.807) is 0 Å². The molecule has 0 aliphatic carbocycles. The fourth-order valence-corrected chi connectivity index (χ4v) is 14.4. The van der Waals surface area contributed by atoms with E-state index in [-0.39, 0.29) is 0 Å². The first-order valence-electron chi connectivity index (χ1n) is 36.5. The molecular formula is C101H80N6. The molecule has 17 aromatic rings. The number of aryl methyl sites for hydroxylation is 3. The first kappa shape index (κ1) is 67.5. The van der Waals surface area contributed by atoms with Crippen LogP contribution < -0.4 is 29.4 Å². The fraction of sp³-hybridized carbons (Fsp3) is 0.0297. The summed E-state index contributed by atoms with van der Waals surface area (Å²) in [5.41, 5.74) is 25.9. The highest BCUT2D eigenvalue weighted by molar-refractivity contribution is 6.01. The molecule has 0 saturated carbocycles. The van der Waals surface area contributed by atoms with Gasteiger partial charge >= 0.3 is 0 Å². The Morgan fingerprint density at radius 3 is 0.645 bits per heavy atom. The zero-order valence-electron chi connectivity index (χ0n) is 60.2. The molecule has 514 valence electrons. The summed E-state index contributed by atoms with van der Waals surface area (Å²) >= 11 is 0. The smallest absolute Gasteiger partial charge is 0.0540 e. The lowest BCUT2D eigenvalue weighted by Crippen LogP contribution is -2.14. The van der Waals surface area contributed by atoms with Crippen LogP contribution in [-0.4, -0.2) is 0 Å². The Labute approximate surface area is 628 Å². The molecule has 0 spiro atoms. The van der Waals surface area contributed by atoms with Gasteiger partial charge in [0.2, 0.25) is 0 Å². The quantitative estimate of drug-likeness (QED) is 0.0798. The van der Waals surface area contributed by atoms with Gasteiger partial charge in [0, 0.05) is 102 Å². The monoisotopic (exact) mass is 1380 g/mol. The van der Waals surface area contributed by atoms with Gasteiger partial charge < -0.3 is 29.4 Å². The minimum absolute atomic E-state index is 1.05. The van der Waals surface area contributed by atoms with Gasteiger partial charge in [-0.05, 0) is 260 Å². The van der Waals surface area contributed by atoms with Gasteiger partial charge in [-0.15, -0.1) is 0 Å². The van der Waals surface area contributed by atoms with E-state index in [9.17, 15) is 0 Å². The van der Waals surface area contributed by atoms with E-state index in [1.807, 2.05) is 0 Å². The zero-order valence-corrected chi connectivity index (χ0v) is 60.2. The van der Waals surface area contributed by atoms with Crippen molar-refractivity contribution in [2.24, 2.45) is 0 Å². The molecule has 0 saturated heterocycles. The predicted octanol–water partition coefficient (Wildman–Crippen LogP) is 29.1. The Balaban J connectivity index is 0.000000170. The third-order valence-electron chi connectivity index (χ3n) is 19.6. The average Bonchev–Trinajstić information content (AvgIpc) is 0.850. The van der Waals surface area contributed by atoms with Crippen molar-refractivity contribution < 1.29 is 0 Å². The molecule has 6 nitrogen and oxygen atoms in total. The van der Waals surface area contributed by atoms with Crippen LogP contribution >= 0.6 is 0 Å². The van der Waals surface area contributed by atoms with Crippen molar-refractivity contribution in [2.75, 3.05) is 29.4 Å². The molecular weight excluding hydrogens is 1300 g/mol. The SMILES string of the molecule is Cc1ccc(N(c2ccccc2)c2ccc(N(c3ccc(N(c4ccccc4)c4cccc(C)c4)cc3)c3ccc(N(c4ccccc4)c4cccc(C)c4)cc3)cc2)cc1.c1ccc(N(c2ccc(-c3ccc(N(c4ccccc4)c4cccc5ccccc45)cc3)cc2)c2cccc3ccccc23)cc1. The molecule has 107 heavy (non-hydrogen) atoms. The van der Waals surface area contributed by atoms with Crippen LogP contribution in [0.25, 0.3) is 32.7 Å². The van der Waals surface area contributed by atoms with Crippen LogP contribution in [0.5, 0.6) is 0 Å². The Bertz CT molecular complexity index is 5460. The molecule has 0 aromatic heterocycles. The molecule has 0 radical (unpaired) electrons. The molecule has 0 amide bonds. The van der Waals surface area contributed by atoms with Gasteiger partial charge in [-0.2, -0.15) is 0 Å². The fourth-order valence-electron chi connectivity index (χ4n) is 14.4. The van der Waals surface area contributed by atoms with Crippen LogP contribution in [0, 0.1) is 20.8 Å². The predicted molar refractivity (Wildman–Crippen MR) is 456 cm³/mol. The Morgan fingerprint density at radius 2 is 0.346 bits per heavy atom. The van der Waals surface area contributed by atoms with Crippen molar-refractivity contribution in [3.05, 3.63) is 447 Å². The number of para-hydroxylation sites is 5. The van der Waals surface area contributed by atoms with Crippen molar-refractivity contribution >= 4 is 124 Å². The van der Waals surface area contributed by atoms with Crippen molar-refractivity contribution in [2.45, 2.75) is 20.8 Å². The van der Waals surface area contributed by atoms with Crippen molar-refractivity contribution in [1.29, 1.82) is 0 Å². The second-order valence-electron chi connectivity index (χ2n) is 26.8. The van der Waals surface area contributed by atoms with Gasteiger partial charge in [0.05, 0.1) is 11.4 Å². The summed E-state index contributed by atoms with van der Waals surface area (Å²) in [7, 11) is 0. The molecule has 0 N–H and O–H groups in total. The molecule has 0 atom stereocenters. The average molecular weight is 1380 g/mol. The van der Waals surface area contributed by atoms with E-state index < -0.39 is 0 Å². The van der Waals surface area contributed by atoms with Gasteiger partial charge in [0.15, 0.2) is 0 Å². The van der Waals surface area contributed by atoms with Gasteiger partial charge in [0.1, 0.15) is 0 Å². The van der Waals surface area contributed by atoms with Crippen LogP contribution in [0.3, 0.4) is 0 Å². The van der Waals surface area contributed by atoms with Crippen LogP contribution in [-0.2, 0) is 0 Å². The molecule has 0 heterocycles. The zero-order chi connectivity index (χ0) is 72.3. The Kier molecular flexibility index (Phi) is 19.8. The molecule has 6 heteroatoms. The van der Waals surface area contributed by atoms with E-state index >= 15 is 0 Å². The summed E-state index contributed by atoms with van der Waals surface area (Å²) in [5.74, 6) is 0. The number of rotatable bonds is 19. The number of hydrogen-bond acceptors (Lipinski definition) is 6. The molecule has 0 aliphatic rings. The number of anilines is 18. The van der Waals surface area contributed by atoms with E-state index in [1.165, 1.54) is 49.4 Å². The highest BCUT2D eigenvalue weighted by Gasteiger charge is 2.22. The van der Waals surface area contributed by atoms with E-state index in [0.29, 0.717) is 0 Å². The lowest BCUT2D eigenvalue weighted by molar-refractivity contribution is 1.23. The first-order chi connectivity index (χ1) is 52.8. The largest absolute Gasteiger partial charge is 0.311 e. The summed E-state index contributed by atoms with van der Waals surface area (Å²) < 4.78 is 0. The molecule has 0 unspecified atom stereocenters. The van der Waals surface area contributed by atoms with Crippen molar-refractivity contribution in [1.82, 2.24) is 0 Å². The van der Waals surface area contributed by atoms with Gasteiger partial charge in [0.25, 0.3) is 0 Å². The summed E-state index contributed by atoms with van der Waals surface area (Å²) in [5, 5.41) is 4.90. The lowest BCUT2D eigenvalue weighted by atomic mass is 10.0. The lowest BCUT2D eigenvalue weighted by Gasteiger charge is -2.30. The van der Waals surface area contributed by atoms with Crippen LogP contribution in [0.2, 0.25) is 0 Å². The molecule has 0 bridgehead atoms. The topological polar surface area (TPSA) is 19.4 Å². The van der Waals surface area contributed by atoms with Crippen LogP contribution in [0.15, 0.2) is 431 Å². The Morgan fingerprint density at radius 1 is 0.140 bits per heavy atom. The maximum Gasteiger partial charge on any atom is 0.0540 e. The maximum absolute atomic E-state index is 2.34. The van der Waals surface area contributed by atoms with E-state index in [0.717, 1.165) is 102 Å². The summed E-state index contributed by atoms with van der Waals surface area (Å²) in [6.45, 7) is 6.41. The maximum atomic E-state index is 2.34. The third kappa shape index (κ3) is 14.9. The third-order valence-corrected chi connectivity index (χ3v) is 19.6. The van der Waals surface area contributed by atoms with Gasteiger partial charge in [-0.3, -0.25) is 0 Å². The first-order valence-corrected chi connectivity index (χ1v) is 36.5. The highest BCUT2D eigenvalue weighted by atomic mass is 15.2. The number of nitrogens with zero attached hydrogens (tertiary/aromatic N) is 6. The molecule has 17 aromatic carbocycles.